The molecule has 1 aromatic heterocycles. The van der Waals surface area contributed by atoms with Crippen LogP contribution >= 0.6 is 11.6 Å². The van der Waals surface area contributed by atoms with E-state index in [1.807, 2.05) is 0 Å². The van der Waals surface area contributed by atoms with Crippen LogP contribution in [0.4, 0.5) is 10.6 Å². The molecule has 1 aromatic rings. The summed E-state index contributed by atoms with van der Waals surface area (Å²) in [6, 6.07) is 4.21. The molecule has 7 nitrogen and oxygen atoms in total. The molecule has 8 heteroatoms. The zero-order valence-corrected chi connectivity index (χ0v) is 13.4. The molecule has 1 fully saturated rings. The molecule has 1 saturated carbocycles. The van der Waals surface area contributed by atoms with Gasteiger partial charge >= 0.3 is 6.09 Å². The molecule has 0 spiro atoms. The predicted molar refractivity (Wildman–Crippen MR) is 84.1 cm³/mol. The maximum Gasteiger partial charge on any atom is 0.404 e. The van der Waals surface area contributed by atoms with Crippen molar-refractivity contribution in [3.05, 3.63) is 21.8 Å². The Hall–Kier alpha value is -2.51. The van der Waals surface area contributed by atoms with Crippen molar-refractivity contribution in [2.24, 2.45) is 5.73 Å². The third-order valence-corrected chi connectivity index (χ3v) is 3.90. The van der Waals surface area contributed by atoms with E-state index in [9.17, 15) is 15.3 Å². The number of primary amides is 1. The average molecular weight is 334 g/mol. The number of hydrogen-bond donors (Lipinski definition) is 1. The highest BCUT2D eigenvalue weighted by Crippen LogP contribution is 2.46. The number of nitriles is 2. The number of hydrogen-bond acceptors (Lipinski definition) is 6. The number of amides is 1. The third kappa shape index (κ3) is 3.82. The van der Waals surface area contributed by atoms with Crippen LogP contribution in [-0.2, 0) is 4.74 Å². The minimum atomic E-state index is -0.819. The molecule has 0 unspecified atom stereocenters. The van der Waals surface area contributed by atoms with Gasteiger partial charge in [-0.15, -0.1) is 0 Å². The number of halogens is 1. The van der Waals surface area contributed by atoms with Gasteiger partial charge in [-0.05, 0) is 30.7 Å². The summed E-state index contributed by atoms with van der Waals surface area (Å²) in [7, 11) is 1.77. The molecular weight excluding hydrogens is 318 g/mol. The Balaban J connectivity index is 2.26. The van der Waals surface area contributed by atoms with Gasteiger partial charge in [-0.1, -0.05) is 11.6 Å². The molecule has 1 heterocycles. The van der Waals surface area contributed by atoms with E-state index < -0.39 is 6.09 Å². The van der Waals surface area contributed by atoms with Crippen molar-refractivity contribution in [1.82, 2.24) is 4.98 Å². The second-order valence-corrected chi connectivity index (χ2v) is 5.69. The van der Waals surface area contributed by atoms with Crippen LogP contribution in [0.3, 0.4) is 0 Å². The lowest BCUT2D eigenvalue weighted by Gasteiger charge is -2.21. The van der Waals surface area contributed by atoms with Crippen molar-refractivity contribution in [2.75, 3.05) is 25.1 Å². The summed E-state index contributed by atoms with van der Waals surface area (Å²) in [5, 5.41) is 18.9. The summed E-state index contributed by atoms with van der Waals surface area (Å²) in [5.74, 6) is 0.641. The largest absolute Gasteiger partial charge is 0.450 e. The first kappa shape index (κ1) is 16.9. The normalized spacial score (nSPS) is 13.0. The SMILES string of the molecule is CN(CCCOC(N)=O)c1nc(Cl)c(C#N)c(C2CC2)c1C#N. The number of rotatable bonds is 6. The monoisotopic (exact) mass is 333 g/mol. The van der Waals surface area contributed by atoms with Crippen LogP contribution < -0.4 is 10.6 Å². The molecule has 0 aromatic carbocycles. The molecule has 1 aliphatic carbocycles. The van der Waals surface area contributed by atoms with Crippen molar-refractivity contribution < 1.29 is 9.53 Å². The van der Waals surface area contributed by atoms with Gasteiger partial charge in [0, 0.05) is 13.6 Å². The molecule has 0 radical (unpaired) electrons. The molecule has 120 valence electrons. The Labute approximate surface area is 139 Å². The van der Waals surface area contributed by atoms with Crippen LogP contribution in [0.25, 0.3) is 0 Å². The molecule has 1 amide bonds. The molecule has 0 aliphatic heterocycles. The second kappa shape index (κ2) is 7.17. The standard InChI is InChI=1S/C15H16ClN5O2/c1-21(5-2-6-23-15(19)22)14-11(8-18)12(9-3-4-9)10(7-17)13(16)20-14/h9H,2-6H2,1H3,(H2,19,22). The van der Waals surface area contributed by atoms with E-state index in [1.54, 1.807) is 11.9 Å². The molecule has 0 atom stereocenters. The molecule has 23 heavy (non-hydrogen) atoms. The van der Waals surface area contributed by atoms with E-state index in [4.69, 9.17) is 17.3 Å². The number of anilines is 1. The van der Waals surface area contributed by atoms with Gasteiger partial charge in [0.2, 0.25) is 0 Å². The van der Waals surface area contributed by atoms with Crippen molar-refractivity contribution in [3.63, 3.8) is 0 Å². The number of carbonyl (C=O) groups is 1. The number of ether oxygens (including phenoxy) is 1. The zero-order chi connectivity index (χ0) is 17.0. The van der Waals surface area contributed by atoms with E-state index in [2.05, 4.69) is 21.9 Å². The van der Waals surface area contributed by atoms with Crippen molar-refractivity contribution in [3.8, 4) is 12.1 Å². The lowest BCUT2D eigenvalue weighted by Crippen LogP contribution is -2.24. The Morgan fingerprint density at radius 2 is 2.09 bits per heavy atom. The quantitative estimate of drug-likeness (QED) is 0.630. The molecule has 0 saturated heterocycles. The molecule has 1 aliphatic rings. The summed E-state index contributed by atoms with van der Waals surface area (Å²) < 4.78 is 4.67. The van der Waals surface area contributed by atoms with Gasteiger partial charge in [-0.2, -0.15) is 10.5 Å². The van der Waals surface area contributed by atoms with Crippen LogP contribution in [0.2, 0.25) is 5.15 Å². The smallest absolute Gasteiger partial charge is 0.404 e. The van der Waals surface area contributed by atoms with Crippen LogP contribution in [0.5, 0.6) is 0 Å². The van der Waals surface area contributed by atoms with Gasteiger partial charge in [0.05, 0.1) is 17.7 Å². The fourth-order valence-corrected chi connectivity index (χ4v) is 2.64. The predicted octanol–water partition coefficient (Wildman–Crippen LogP) is 2.28. The first-order valence-electron chi connectivity index (χ1n) is 7.16. The molecular formula is C15H16ClN5O2. The highest BCUT2D eigenvalue weighted by atomic mass is 35.5. The summed E-state index contributed by atoms with van der Waals surface area (Å²) >= 11 is 6.13. The van der Waals surface area contributed by atoms with Crippen LogP contribution in [0.15, 0.2) is 0 Å². The molecule has 2 N–H and O–H groups in total. The maximum absolute atomic E-state index is 10.5. The summed E-state index contributed by atoms with van der Waals surface area (Å²) in [6.45, 7) is 0.683. The topological polar surface area (TPSA) is 116 Å². The van der Waals surface area contributed by atoms with Crippen LogP contribution in [0, 0.1) is 22.7 Å². The van der Waals surface area contributed by atoms with Crippen molar-refractivity contribution >= 4 is 23.5 Å². The van der Waals surface area contributed by atoms with Gasteiger partial charge in [0.15, 0.2) is 0 Å². The number of pyridine rings is 1. The minimum Gasteiger partial charge on any atom is -0.450 e. The van der Waals surface area contributed by atoms with E-state index in [1.165, 1.54) is 0 Å². The minimum absolute atomic E-state index is 0.114. The van der Waals surface area contributed by atoms with Crippen molar-refractivity contribution in [2.45, 2.75) is 25.2 Å². The fourth-order valence-electron chi connectivity index (χ4n) is 2.41. The lowest BCUT2D eigenvalue weighted by atomic mass is 10.00. The first-order valence-corrected chi connectivity index (χ1v) is 7.54. The fraction of sp³-hybridized carbons (Fsp3) is 0.467. The van der Waals surface area contributed by atoms with Crippen LogP contribution in [-0.4, -0.2) is 31.3 Å². The summed E-state index contributed by atoms with van der Waals surface area (Å²) in [6.07, 6.45) is 1.60. The van der Waals surface area contributed by atoms with Gasteiger partial charge < -0.3 is 15.4 Å². The highest BCUT2D eigenvalue weighted by Gasteiger charge is 2.33. The number of nitrogens with zero attached hydrogens (tertiary/aromatic N) is 4. The Bertz CT molecular complexity index is 703. The maximum atomic E-state index is 10.5. The lowest BCUT2D eigenvalue weighted by molar-refractivity contribution is 0.156. The Kier molecular flexibility index (Phi) is 5.25. The van der Waals surface area contributed by atoms with E-state index >= 15 is 0 Å². The van der Waals surface area contributed by atoms with Crippen molar-refractivity contribution in [1.29, 1.82) is 10.5 Å². The second-order valence-electron chi connectivity index (χ2n) is 5.33. The molecule has 0 bridgehead atoms. The van der Waals surface area contributed by atoms with Gasteiger partial charge in [-0.3, -0.25) is 0 Å². The van der Waals surface area contributed by atoms with Crippen LogP contribution in [0.1, 0.15) is 41.9 Å². The zero-order valence-electron chi connectivity index (χ0n) is 12.7. The highest BCUT2D eigenvalue weighted by molar-refractivity contribution is 6.30. The molecule has 2 rings (SSSR count). The summed E-state index contributed by atoms with van der Waals surface area (Å²) in [4.78, 5) is 16.5. The number of carbonyl (C=O) groups excluding carboxylic acids is 1. The van der Waals surface area contributed by atoms with Gasteiger partial charge in [-0.25, -0.2) is 9.78 Å². The Morgan fingerprint density at radius 3 is 2.61 bits per heavy atom. The van der Waals surface area contributed by atoms with E-state index in [0.717, 1.165) is 12.8 Å². The third-order valence-electron chi connectivity index (χ3n) is 3.63. The first-order chi connectivity index (χ1) is 11.0. The summed E-state index contributed by atoms with van der Waals surface area (Å²) in [5.41, 5.74) is 6.29. The van der Waals surface area contributed by atoms with Gasteiger partial charge in [0.25, 0.3) is 0 Å². The van der Waals surface area contributed by atoms with Gasteiger partial charge in [0.1, 0.15) is 23.1 Å². The van der Waals surface area contributed by atoms with E-state index in [-0.39, 0.29) is 17.7 Å². The number of nitrogens with two attached hydrogens (primary N) is 1. The number of aromatic nitrogens is 1. The average Bonchev–Trinajstić information content (AvgIpc) is 3.34. The van der Waals surface area contributed by atoms with E-state index in [0.29, 0.717) is 35.5 Å². The Morgan fingerprint density at radius 1 is 1.43 bits per heavy atom.